The molecule has 1 N–H and O–H groups in total. The van der Waals surface area contributed by atoms with Gasteiger partial charge in [-0.05, 0) is 37.4 Å². The second kappa shape index (κ2) is 8.03. The van der Waals surface area contributed by atoms with Gasteiger partial charge in [0.25, 0.3) is 0 Å². The molecule has 102 valence electrons. The number of benzene rings is 1. The van der Waals surface area contributed by atoms with Crippen molar-refractivity contribution in [2.24, 2.45) is 5.92 Å². The molecule has 0 aliphatic carbocycles. The fraction of sp³-hybridized carbons (Fsp3) is 0.571. The molecule has 0 atom stereocenters. The van der Waals surface area contributed by atoms with Gasteiger partial charge in [0.1, 0.15) is 6.61 Å². The van der Waals surface area contributed by atoms with E-state index in [1.807, 2.05) is 0 Å². The van der Waals surface area contributed by atoms with E-state index in [-0.39, 0.29) is 12.4 Å². The Hall–Kier alpha value is -1.16. The van der Waals surface area contributed by atoms with Crippen LogP contribution in [0.3, 0.4) is 0 Å². The highest BCUT2D eigenvalue weighted by Crippen LogP contribution is 2.20. The molecule has 1 rings (SSSR count). The van der Waals surface area contributed by atoms with Crippen molar-refractivity contribution in [3.63, 3.8) is 0 Å². The van der Waals surface area contributed by atoms with Crippen LogP contribution in [0, 0.1) is 17.6 Å². The van der Waals surface area contributed by atoms with Crippen molar-refractivity contribution in [3.05, 3.63) is 29.8 Å². The van der Waals surface area contributed by atoms with E-state index in [0.29, 0.717) is 12.5 Å². The lowest BCUT2D eigenvalue weighted by atomic mass is 10.1. The summed E-state index contributed by atoms with van der Waals surface area (Å²) in [5, 5.41) is 3.18. The van der Waals surface area contributed by atoms with Gasteiger partial charge in [0.2, 0.25) is 0 Å². The summed E-state index contributed by atoms with van der Waals surface area (Å²) in [4.78, 5) is 0. The molecule has 0 aliphatic rings. The number of nitrogens with one attached hydrogen (secondary N) is 1. The Kier molecular flexibility index (Phi) is 6.65. The van der Waals surface area contributed by atoms with E-state index in [1.165, 1.54) is 24.6 Å². The molecule has 0 unspecified atom stereocenters. The van der Waals surface area contributed by atoms with E-state index in [2.05, 4.69) is 19.2 Å². The zero-order valence-electron chi connectivity index (χ0n) is 11.0. The zero-order valence-corrected chi connectivity index (χ0v) is 11.0. The predicted octanol–water partition coefficient (Wildman–Crippen LogP) is 3.37. The molecule has 0 saturated heterocycles. The largest absolute Gasteiger partial charge is 0.486 e. The highest BCUT2D eigenvalue weighted by molar-refractivity contribution is 5.25. The highest BCUT2D eigenvalue weighted by atomic mass is 19.1. The first-order valence-corrected chi connectivity index (χ1v) is 6.38. The van der Waals surface area contributed by atoms with E-state index in [1.54, 1.807) is 0 Å². The molecule has 0 amide bonds. The molecule has 18 heavy (non-hydrogen) atoms. The molecular weight excluding hydrogens is 236 g/mol. The van der Waals surface area contributed by atoms with Gasteiger partial charge < -0.3 is 10.1 Å². The predicted molar refractivity (Wildman–Crippen MR) is 68.8 cm³/mol. The van der Waals surface area contributed by atoms with Gasteiger partial charge in [0.15, 0.2) is 17.4 Å². The minimum absolute atomic E-state index is 0.263. The number of hydrogen-bond acceptors (Lipinski definition) is 2. The molecule has 0 aliphatic heterocycles. The van der Waals surface area contributed by atoms with E-state index in [9.17, 15) is 8.78 Å². The summed E-state index contributed by atoms with van der Waals surface area (Å²) in [6.45, 7) is 6.13. The van der Waals surface area contributed by atoms with Crippen LogP contribution in [0.15, 0.2) is 18.2 Å². The van der Waals surface area contributed by atoms with E-state index in [0.717, 1.165) is 13.0 Å². The normalized spacial score (nSPS) is 10.9. The topological polar surface area (TPSA) is 21.3 Å². The van der Waals surface area contributed by atoms with Crippen LogP contribution in [-0.2, 0) is 0 Å². The van der Waals surface area contributed by atoms with Crippen LogP contribution < -0.4 is 10.1 Å². The molecule has 1 aromatic rings. The van der Waals surface area contributed by atoms with Crippen molar-refractivity contribution in [2.75, 3.05) is 19.7 Å². The Labute approximate surface area is 107 Å². The Balaban J connectivity index is 2.14. The SMILES string of the molecule is CC(C)CCCNCCOc1c(F)cccc1F. The number of rotatable bonds is 8. The summed E-state index contributed by atoms with van der Waals surface area (Å²) in [5.74, 6) is -0.901. The first-order chi connectivity index (χ1) is 8.61. The first-order valence-electron chi connectivity index (χ1n) is 6.38. The van der Waals surface area contributed by atoms with Crippen LogP contribution in [0.25, 0.3) is 0 Å². The highest BCUT2D eigenvalue weighted by Gasteiger charge is 2.08. The second-order valence-corrected chi connectivity index (χ2v) is 4.69. The molecule has 0 radical (unpaired) electrons. The standard InChI is InChI=1S/C14H21F2NO/c1-11(2)5-4-8-17-9-10-18-14-12(15)6-3-7-13(14)16/h3,6-7,11,17H,4-5,8-10H2,1-2H3. The molecule has 0 bridgehead atoms. The van der Waals surface area contributed by atoms with Gasteiger partial charge in [-0.1, -0.05) is 19.9 Å². The summed E-state index contributed by atoms with van der Waals surface area (Å²) in [5.41, 5.74) is 0. The summed E-state index contributed by atoms with van der Waals surface area (Å²) in [6, 6.07) is 3.70. The third-order valence-corrected chi connectivity index (χ3v) is 2.58. The van der Waals surface area contributed by atoms with Gasteiger partial charge in [0, 0.05) is 6.54 Å². The lowest BCUT2D eigenvalue weighted by molar-refractivity contribution is 0.282. The molecule has 1 aromatic carbocycles. The van der Waals surface area contributed by atoms with Crippen molar-refractivity contribution < 1.29 is 13.5 Å². The van der Waals surface area contributed by atoms with Gasteiger partial charge in [0.05, 0.1) is 0 Å². The molecule has 0 saturated carbocycles. The van der Waals surface area contributed by atoms with E-state index in [4.69, 9.17) is 4.74 Å². The average Bonchev–Trinajstić information content (AvgIpc) is 2.30. The van der Waals surface area contributed by atoms with Gasteiger partial charge in [-0.25, -0.2) is 8.78 Å². The maximum Gasteiger partial charge on any atom is 0.190 e. The van der Waals surface area contributed by atoms with Crippen LogP contribution in [0.5, 0.6) is 5.75 Å². The lowest BCUT2D eigenvalue weighted by Gasteiger charge is -2.09. The summed E-state index contributed by atoms with van der Waals surface area (Å²) in [7, 11) is 0. The molecule has 4 heteroatoms. The first kappa shape index (κ1) is 14.9. The summed E-state index contributed by atoms with van der Waals surface area (Å²) >= 11 is 0. The molecule has 0 heterocycles. The van der Waals surface area contributed by atoms with Crippen LogP contribution in [-0.4, -0.2) is 19.7 Å². The van der Waals surface area contributed by atoms with Crippen molar-refractivity contribution in [1.29, 1.82) is 0 Å². The van der Waals surface area contributed by atoms with Crippen LogP contribution >= 0.6 is 0 Å². The van der Waals surface area contributed by atoms with Crippen molar-refractivity contribution in [1.82, 2.24) is 5.32 Å². The fourth-order valence-corrected chi connectivity index (χ4v) is 1.61. The number of ether oxygens (including phenoxy) is 1. The Morgan fingerprint density at radius 1 is 1.17 bits per heavy atom. The minimum Gasteiger partial charge on any atom is -0.486 e. The monoisotopic (exact) mass is 257 g/mol. The smallest absolute Gasteiger partial charge is 0.190 e. The van der Waals surface area contributed by atoms with E-state index < -0.39 is 11.6 Å². The molecular formula is C14H21F2NO. The van der Waals surface area contributed by atoms with Crippen LogP contribution in [0.1, 0.15) is 26.7 Å². The summed E-state index contributed by atoms with van der Waals surface area (Å²) < 4.78 is 31.5. The van der Waals surface area contributed by atoms with E-state index >= 15 is 0 Å². The third-order valence-electron chi connectivity index (χ3n) is 2.58. The maximum absolute atomic E-state index is 13.2. The zero-order chi connectivity index (χ0) is 13.4. The van der Waals surface area contributed by atoms with Gasteiger partial charge in [-0.3, -0.25) is 0 Å². The molecule has 0 fully saturated rings. The average molecular weight is 257 g/mol. The van der Waals surface area contributed by atoms with Gasteiger partial charge in [-0.15, -0.1) is 0 Å². The van der Waals surface area contributed by atoms with Crippen molar-refractivity contribution >= 4 is 0 Å². The van der Waals surface area contributed by atoms with Crippen molar-refractivity contribution in [3.8, 4) is 5.75 Å². The maximum atomic E-state index is 13.2. The van der Waals surface area contributed by atoms with Crippen LogP contribution in [0.2, 0.25) is 0 Å². The summed E-state index contributed by atoms with van der Waals surface area (Å²) in [6.07, 6.45) is 2.28. The number of hydrogen-bond donors (Lipinski definition) is 1. The lowest BCUT2D eigenvalue weighted by Crippen LogP contribution is -2.22. The third kappa shape index (κ3) is 5.45. The van der Waals surface area contributed by atoms with Crippen molar-refractivity contribution in [2.45, 2.75) is 26.7 Å². The number of halogens is 2. The van der Waals surface area contributed by atoms with Gasteiger partial charge in [-0.2, -0.15) is 0 Å². The minimum atomic E-state index is -0.658. The quantitative estimate of drug-likeness (QED) is 0.721. The Bertz CT molecular complexity index is 335. The Morgan fingerprint density at radius 2 is 1.83 bits per heavy atom. The molecule has 2 nitrogen and oxygen atoms in total. The molecule has 0 aromatic heterocycles. The van der Waals surface area contributed by atoms with Crippen LogP contribution in [0.4, 0.5) is 8.78 Å². The number of para-hydroxylation sites is 1. The fourth-order valence-electron chi connectivity index (χ4n) is 1.61. The Morgan fingerprint density at radius 3 is 2.44 bits per heavy atom. The van der Waals surface area contributed by atoms with Gasteiger partial charge >= 0.3 is 0 Å². The second-order valence-electron chi connectivity index (χ2n) is 4.69. The molecule has 0 spiro atoms.